The van der Waals surface area contributed by atoms with Gasteiger partial charge in [-0.3, -0.25) is 9.78 Å². The van der Waals surface area contributed by atoms with Gasteiger partial charge in [0.15, 0.2) is 0 Å². The highest BCUT2D eigenvalue weighted by Gasteiger charge is 2.17. The van der Waals surface area contributed by atoms with Gasteiger partial charge in [0.2, 0.25) is 0 Å². The maximum atomic E-state index is 13.1. The molecule has 6 nitrogen and oxygen atoms in total. The number of halogens is 2. The van der Waals surface area contributed by atoms with Crippen molar-refractivity contribution in [1.29, 1.82) is 0 Å². The standard InChI is InChI=1S/C24H23Cl2N5O/c25-18-13-20-21(14-19(18)26)30-23(29-20)16-11-15-5-4-6-27-22(15)17(12-16)24(32)28-7-10-31-8-2-1-3-9-31/h4-6,11-14H,1-3,7-10H2,(H,28,32)(H,29,30). The number of H-pyrrole nitrogens is 1. The van der Waals surface area contributed by atoms with E-state index in [1.165, 1.54) is 19.3 Å². The third-order valence-corrected chi connectivity index (χ3v) is 6.63. The van der Waals surface area contributed by atoms with Crippen LogP contribution < -0.4 is 5.32 Å². The van der Waals surface area contributed by atoms with E-state index in [4.69, 9.17) is 23.2 Å². The van der Waals surface area contributed by atoms with E-state index in [0.29, 0.717) is 39.0 Å². The molecule has 3 heterocycles. The number of piperidine rings is 1. The molecule has 1 aliphatic heterocycles. The van der Waals surface area contributed by atoms with Gasteiger partial charge in [0.25, 0.3) is 5.91 Å². The normalized spacial score (nSPS) is 14.8. The molecule has 8 heteroatoms. The summed E-state index contributed by atoms with van der Waals surface area (Å²) in [4.78, 5) is 27.9. The van der Waals surface area contributed by atoms with E-state index in [1.54, 1.807) is 18.3 Å². The summed E-state index contributed by atoms with van der Waals surface area (Å²) in [6, 6.07) is 11.1. The van der Waals surface area contributed by atoms with Crippen LogP contribution in [0.3, 0.4) is 0 Å². The SMILES string of the molecule is O=C(NCCN1CCCCC1)c1cc(-c2nc3cc(Cl)c(Cl)cc3[nH]2)cc2cccnc12. The van der Waals surface area contributed by atoms with Crippen molar-refractivity contribution in [2.75, 3.05) is 26.2 Å². The Kier molecular flexibility index (Phi) is 6.00. The van der Waals surface area contributed by atoms with Crippen LogP contribution in [0.4, 0.5) is 0 Å². The fourth-order valence-corrected chi connectivity index (χ4v) is 4.57. The Morgan fingerprint density at radius 2 is 1.91 bits per heavy atom. The van der Waals surface area contributed by atoms with Gasteiger partial charge < -0.3 is 15.2 Å². The summed E-state index contributed by atoms with van der Waals surface area (Å²) in [5.74, 6) is 0.515. The van der Waals surface area contributed by atoms with E-state index in [0.717, 1.165) is 36.1 Å². The topological polar surface area (TPSA) is 73.9 Å². The van der Waals surface area contributed by atoms with E-state index >= 15 is 0 Å². The Morgan fingerprint density at radius 3 is 2.75 bits per heavy atom. The average molecular weight is 468 g/mol. The van der Waals surface area contributed by atoms with Gasteiger partial charge in [-0.1, -0.05) is 35.7 Å². The molecule has 0 atom stereocenters. The van der Waals surface area contributed by atoms with Crippen LogP contribution in [0.2, 0.25) is 10.0 Å². The molecule has 0 aliphatic carbocycles. The van der Waals surface area contributed by atoms with Gasteiger partial charge in [-0.25, -0.2) is 4.98 Å². The highest BCUT2D eigenvalue weighted by Crippen LogP contribution is 2.30. The first-order valence-electron chi connectivity index (χ1n) is 10.8. The summed E-state index contributed by atoms with van der Waals surface area (Å²) in [5.41, 5.74) is 3.51. The number of carbonyl (C=O) groups excluding carboxylic acids is 1. The second-order valence-electron chi connectivity index (χ2n) is 8.13. The summed E-state index contributed by atoms with van der Waals surface area (Å²) < 4.78 is 0. The monoisotopic (exact) mass is 467 g/mol. The molecule has 0 saturated carbocycles. The number of rotatable bonds is 5. The highest BCUT2D eigenvalue weighted by atomic mass is 35.5. The summed E-state index contributed by atoms with van der Waals surface area (Å²) in [6.45, 7) is 3.69. The van der Waals surface area contributed by atoms with Crippen molar-refractivity contribution in [1.82, 2.24) is 25.2 Å². The molecule has 2 aromatic heterocycles. The number of pyridine rings is 1. The summed E-state index contributed by atoms with van der Waals surface area (Å²) in [7, 11) is 0. The average Bonchev–Trinajstić information content (AvgIpc) is 3.22. The summed E-state index contributed by atoms with van der Waals surface area (Å²) >= 11 is 12.3. The molecule has 32 heavy (non-hydrogen) atoms. The van der Waals surface area contributed by atoms with Gasteiger partial charge in [0.05, 0.1) is 32.2 Å². The third kappa shape index (κ3) is 4.31. The van der Waals surface area contributed by atoms with Crippen LogP contribution >= 0.6 is 23.2 Å². The van der Waals surface area contributed by atoms with Gasteiger partial charge in [0.1, 0.15) is 5.82 Å². The number of hydrogen-bond donors (Lipinski definition) is 2. The molecular formula is C24H23Cl2N5O. The van der Waals surface area contributed by atoms with Crippen LogP contribution in [0.15, 0.2) is 42.6 Å². The van der Waals surface area contributed by atoms with Crippen molar-refractivity contribution in [3.8, 4) is 11.4 Å². The molecule has 0 bridgehead atoms. The Morgan fingerprint density at radius 1 is 1.09 bits per heavy atom. The molecule has 164 valence electrons. The van der Waals surface area contributed by atoms with Crippen molar-refractivity contribution in [2.45, 2.75) is 19.3 Å². The van der Waals surface area contributed by atoms with Crippen LogP contribution in [-0.2, 0) is 0 Å². The van der Waals surface area contributed by atoms with Gasteiger partial charge in [0, 0.05) is 30.2 Å². The number of imidazole rings is 1. The predicted molar refractivity (Wildman–Crippen MR) is 129 cm³/mol. The summed E-state index contributed by atoms with van der Waals surface area (Å²) in [6.07, 6.45) is 5.47. The van der Waals surface area contributed by atoms with Crippen LogP contribution in [0.1, 0.15) is 29.6 Å². The molecule has 1 saturated heterocycles. The minimum Gasteiger partial charge on any atom is -0.351 e. The number of amides is 1. The van der Waals surface area contributed by atoms with E-state index in [-0.39, 0.29) is 5.91 Å². The molecule has 2 N–H and O–H groups in total. The second-order valence-corrected chi connectivity index (χ2v) is 8.94. The maximum absolute atomic E-state index is 13.1. The van der Waals surface area contributed by atoms with Crippen LogP contribution in [0.25, 0.3) is 33.3 Å². The fraction of sp³-hybridized carbons (Fsp3) is 0.292. The molecule has 4 aromatic rings. The van der Waals surface area contributed by atoms with Crippen LogP contribution in [-0.4, -0.2) is 51.9 Å². The zero-order chi connectivity index (χ0) is 22.1. The quantitative estimate of drug-likeness (QED) is 0.417. The van der Waals surface area contributed by atoms with Gasteiger partial charge in [-0.15, -0.1) is 0 Å². The molecule has 2 aromatic carbocycles. The van der Waals surface area contributed by atoms with Crippen LogP contribution in [0, 0.1) is 0 Å². The first kappa shape index (κ1) is 21.2. The largest absolute Gasteiger partial charge is 0.351 e. The van der Waals surface area contributed by atoms with Crippen molar-refractivity contribution >= 4 is 51.0 Å². The van der Waals surface area contributed by atoms with E-state index in [1.807, 2.05) is 24.3 Å². The Labute approximate surface area is 195 Å². The van der Waals surface area contributed by atoms with Crippen molar-refractivity contribution in [3.05, 3.63) is 58.2 Å². The fourth-order valence-electron chi connectivity index (χ4n) is 4.25. The number of aromatic nitrogens is 3. The Bertz CT molecular complexity index is 1260. The van der Waals surface area contributed by atoms with Gasteiger partial charge >= 0.3 is 0 Å². The number of benzene rings is 2. The first-order chi connectivity index (χ1) is 15.6. The van der Waals surface area contributed by atoms with E-state index < -0.39 is 0 Å². The van der Waals surface area contributed by atoms with E-state index in [9.17, 15) is 4.79 Å². The molecule has 1 amide bonds. The maximum Gasteiger partial charge on any atom is 0.253 e. The number of aromatic amines is 1. The van der Waals surface area contributed by atoms with E-state index in [2.05, 4.69) is 25.2 Å². The predicted octanol–water partition coefficient (Wildman–Crippen LogP) is 5.30. The lowest BCUT2D eigenvalue weighted by molar-refractivity contribution is 0.0948. The minimum absolute atomic E-state index is 0.130. The molecule has 0 unspecified atom stereocenters. The number of carbonyl (C=O) groups is 1. The number of fused-ring (bicyclic) bond motifs is 2. The molecule has 1 fully saturated rings. The number of nitrogens with zero attached hydrogens (tertiary/aromatic N) is 3. The number of hydrogen-bond acceptors (Lipinski definition) is 4. The van der Waals surface area contributed by atoms with Crippen molar-refractivity contribution in [2.24, 2.45) is 0 Å². The third-order valence-electron chi connectivity index (χ3n) is 5.91. The zero-order valence-corrected chi connectivity index (χ0v) is 19.0. The number of likely N-dealkylation sites (tertiary alicyclic amines) is 1. The van der Waals surface area contributed by atoms with Gasteiger partial charge in [-0.2, -0.15) is 0 Å². The number of nitrogens with one attached hydrogen (secondary N) is 2. The molecule has 5 rings (SSSR count). The van der Waals surface area contributed by atoms with Crippen molar-refractivity contribution in [3.63, 3.8) is 0 Å². The Balaban J connectivity index is 1.45. The van der Waals surface area contributed by atoms with Crippen LogP contribution in [0.5, 0.6) is 0 Å². The lowest BCUT2D eigenvalue weighted by Crippen LogP contribution is -2.37. The lowest BCUT2D eigenvalue weighted by Gasteiger charge is -2.26. The molecule has 0 spiro atoms. The highest BCUT2D eigenvalue weighted by molar-refractivity contribution is 6.42. The van der Waals surface area contributed by atoms with Crippen molar-refractivity contribution < 1.29 is 4.79 Å². The smallest absolute Gasteiger partial charge is 0.253 e. The zero-order valence-electron chi connectivity index (χ0n) is 17.5. The lowest BCUT2D eigenvalue weighted by atomic mass is 10.0. The summed E-state index contributed by atoms with van der Waals surface area (Å²) in [5, 5.41) is 4.87. The van der Waals surface area contributed by atoms with Gasteiger partial charge in [-0.05, 0) is 56.3 Å². The molecule has 1 aliphatic rings. The molecule has 0 radical (unpaired) electrons. The minimum atomic E-state index is -0.130. The second kappa shape index (κ2) is 9.06. The Hall–Kier alpha value is -2.67. The molecular weight excluding hydrogens is 445 g/mol. The first-order valence-corrected chi connectivity index (χ1v) is 11.6.